The van der Waals surface area contributed by atoms with Gasteiger partial charge in [0.1, 0.15) is 0 Å². The number of nitrogens with one attached hydrogen (secondary N) is 1. The Morgan fingerprint density at radius 3 is 2.35 bits per heavy atom. The minimum absolute atomic E-state index is 0.0299. The lowest BCUT2D eigenvalue weighted by atomic mass is 9.48. The summed E-state index contributed by atoms with van der Waals surface area (Å²) in [4.78, 5) is 16.2. The number of rotatable bonds is 9. The van der Waals surface area contributed by atoms with E-state index in [4.69, 9.17) is 23.2 Å². The molecule has 5 aliphatic carbocycles. The van der Waals surface area contributed by atoms with E-state index in [9.17, 15) is 4.79 Å². The van der Waals surface area contributed by atoms with E-state index in [1.165, 1.54) is 48.8 Å². The Kier molecular flexibility index (Phi) is 7.40. The van der Waals surface area contributed by atoms with E-state index in [0.29, 0.717) is 28.3 Å². The van der Waals surface area contributed by atoms with Crippen molar-refractivity contribution in [2.45, 2.75) is 69.1 Å². The Morgan fingerprint density at radius 2 is 1.65 bits per heavy atom. The van der Waals surface area contributed by atoms with Crippen LogP contribution in [0.5, 0.6) is 0 Å². The Labute approximate surface area is 249 Å². The van der Waals surface area contributed by atoms with E-state index in [2.05, 4.69) is 52.7 Å². The maximum absolute atomic E-state index is 13.6. The average molecular weight is 578 g/mol. The summed E-state index contributed by atoms with van der Waals surface area (Å²) >= 11 is 12.7. The van der Waals surface area contributed by atoms with Gasteiger partial charge in [-0.05, 0) is 130 Å². The number of nitrogens with zero attached hydrogens (tertiary/aromatic N) is 1. The molecule has 5 fully saturated rings. The van der Waals surface area contributed by atoms with Crippen molar-refractivity contribution < 1.29 is 4.79 Å². The molecule has 40 heavy (non-hydrogen) atoms. The van der Waals surface area contributed by atoms with Crippen LogP contribution < -0.4 is 5.32 Å². The first-order valence-electron chi connectivity index (χ1n) is 15.6. The molecular weight excluding hydrogens is 535 g/mol. The topological polar surface area (TPSA) is 32.3 Å². The number of hydrogen-bond donors (Lipinski definition) is 1. The summed E-state index contributed by atoms with van der Waals surface area (Å²) < 4.78 is 0. The quantitative estimate of drug-likeness (QED) is 0.329. The molecule has 2 aromatic carbocycles. The van der Waals surface area contributed by atoms with Crippen LogP contribution in [0, 0.1) is 23.2 Å². The molecule has 0 radical (unpaired) electrons. The van der Waals surface area contributed by atoms with E-state index < -0.39 is 0 Å². The second kappa shape index (κ2) is 10.9. The molecule has 0 aromatic heterocycles. The normalized spacial score (nSPS) is 30.6. The van der Waals surface area contributed by atoms with Crippen LogP contribution in [0.3, 0.4) is 0 Å². The van der Waals surface area contributed by atoms with Crippen molar-refractivity contribution in [3.05, 3.63) is 75.3 Å². The number of carbonyl (C=O) groups is 1. The van der Waals surface area contributed by atoms with Crippen molar-refractivity contribution in [1.82, 2.24) is 10.2 Å². The molecule has 1 spiro atoms. The highest BCUT2D eigenvalue weighted by Crippen LogP contribution is 2.60. The Hall–Kier alpha value is -1.65. The van der Waals surface area contributed by atoms with Crippen LogP contribution in [0.25, 0.3) is 6.08 Å². The monoisotopic (exact) mass is 576 g/mol. The number of likely N-dealkylation sites (tertiary alicyclic amines) is 1. The minimum Gasteiger partial charge on any atom is -0.309 e. The van der Waals surface area contributed by atoms with Gasteiger partial charge in [0.15, 0.2) is 5.78 Å². The van der Waals surface area contributed by atoms with Crippen LogP contribution in [-0.2, 0) is 10.2 Å². The number of halogens is 2. The first-order chi connectivity index (χ1) is 19.4. The summed E-state index contributed by atoms with van der Waals surface area (Å²) in [6.07, 6.45) is 15.7. The SMILES string of the molecule is O=C(CNC[C@@H](CCN1CCC2(C=Cc3ccccc32)CC1)c1ccc(Cl)c(Cl)c1)C12CC3CC(CC(C3)C1)C2. The molecule has 1 heterocycles. The number of hydrogen-bond acceptors (Lipinski definition) is 3. The molecule has 1 N–H and O–H groups in total. The van der Waals surface area contributed by atoms with Crippen LogP contribution in [0.4, 0.5) is 0 Å². The van der Waals surface area contributed by atoms with Gasteiger partial charge in [0.05, 0.1) is 16.6 Å². The summed E-state index contributed by atoms with van der Waals surface area (Å²) in [5.74, 6) is 3.18. The Bertz CT molecular complexity index is 1260. The number of Topliss-reactive ketones (excluding diaryl/α,β-unsaturated/α-hetero) is 1. The number of benzene rings is 2. The summed E-state index contributed by atoms with van der Waals surface area (Å²) in [6, 6.07) is 15.0. The lowest BCUT2D eigenvalue weighted by Crippen LogP contribution is -2.52. The fourth-order valence-electron chi connectivity index (χ4n) is 9.54. The number of fused-ring (bicyclic) bond motifs is 2. The van der Waals surface area contributed by atoms with Gasteiger partial charge in [-0.25, -0.2) is 0 Å². The number of carbonyl (C=O) groups excluding carboxylic acids is 1. The second-order valence-corrected chi connectivity index (χ2v) is 14.6. The minimum atomic E-state index is -0.0299. The van der Waals surface area contributed by atoms with Gasteiger partial charge >= 0.3 is 0 Å². The molecule has 2 aromatic rings. The van der Waals surface area contributed by atoms with E-state index in [1.807, 2.05) is 12.1 Å². The third kappa shape index (κ3) is 5.10. The van der Waals surface area contributed by atoms with Gasteiger partial charge in [0.2, 0.25) is 0 Å². The molecule has 0 amide bonds. The van der Waals surface area contributed by atoms with Crippen LogP contribution >= 0.6 is 23.2 Å². The molecule has 4 saturated carbocycles. The van der Waals surface area contributed by atoms with Gasteiger partial charge in [0, 0.05) is 17.4 Å². The molecule has 8 rings (SSSR count). The zero-order valence-electron chi connectivity index (χ0n) is 23.5. The molecule has 212 valence electrons. The fraction of sp³-hybridized carbons (Fsp3) is 0.571. The van der Waals surface area contributed by atoms with Crippen LogP contribution in [0.15, 0.2) is 48.5 Å². The van der Waals surface area contributed by atoms with Crippen molar-refractivity contribution in [3.63, 3.8) is 0 Å². The molecule has 0 unspecified atom stereocenters. The van der Waals surface area contributed by atoms with Gasteiger partial charge < -0.3 is 10.2 Å². The first kappa shape index (κ1) is 27.2. The molecule has 1 saturated heterocycles. The van der Waals surface area contributed by atoms with Crippen LogP contribution in [0.1, 0.15) is 80.4 Å². The molecule has 5 heteroatoms. The lowest BCUT2D eigenvalue weighted by molar-refractivity contribution is -0.142. The second-order valence-electron chi connectivity index (χ2n) is 13.8. The highest BCUT2D eigenvalue weighted by Gasteiger charge is 2.54. The molecule has 6 aliphatic rings. The van der Waals surface area contributed by atoms with E-state index in [0.717, 1.165) is 69.6 Å². The first-order valence-corrected chi connectivity index (χ1v) is 16.4. The zero-order valence-corrected chi connectivity index (χ0v) is 25.0. The summed E-state index contributed by atoms with van der Waals surface area (Å²) in [5.41, 5.74) is 4.30. The number of allylic oxidation sites excluding steroid dienone is 1. The summed E-state index contributed by atoms with van der Waals surface area (Å²) in [7, 11) is 0. The highest BCUT2D eigenvalue weighted by molar-refractivity contribution is 6.42. The van der Waals surface area contributed by atoms with Gasteiger partial charge in [0.25, 0.3) is 0 Å². The summed E-state index contributed by atoms with van der Waals surface area (Å²) in [6.45, 7) is 4.58. The molecule has 1 aliphatic heterocycles. The number of piperidine rings is 1. The van der Waals surface area contributed by atoms with Gasteiger partial charge in [-0.15, -0.1) is 0 Å². The van der Waals surface area contributed by atoms with Crippen LogP contribution in [-0.4, -0.2) is 43.4 Å². The third-order valence-electron chi connectivity index (χ3n) is 11.3. The van der Waals surface area contributed by atoms with E-state index >= 15 is 0 Å². The van der Waals surface area contributed by atoms with Crippen molar-refractivity contribution in [2.24, 2.45) is 23.2 Å². The largest absolute Gasteiger partial charge is 0.309 e. The smallest absolute Gasteiger partial charge is 0.152 e. The maximum Gasteiger partial charge on any atom is 0.152 e. The fourth-order valence-corrected chi connectivity index (χ4v) is 9.84. The standard InChI is InChI=1S/C35H42Cl2N2O/c36-31-6-5-28(18-32(31)37)29(22-38-23-33(40)35-19-24-15-25(20-35)17-26(16-24)21-35)8-12-39-13-10-34(11-14-39)9-7-27-3-1-2-4-30(27)34/h1-7,9,18,24-26,29,38H,8,10-17,19-23H2/t24?,25?,26?,29-,35?/m1/s1. The molecular formula is C35H42Cl2N2O. The maximum atomic E-state index is 13.6. The highest BCUT2D eigenvalue weighted by atomic mass is 35.5. The Balaban J connectivity index is 0.974. The van der Waals surface area contributed by atoms with Crippen molar-refractivity contribution >= 4 is 35.1 Å². The van der Waals surface area contributed by atoms with Gasteiger partial charge in [-0.3, -0.25) is 4.79 Å². The van der Waals surface area contributed by atoms with Gasteiger partial charge in [-0.2, -0.15) is 0 Å². The molecule has 3 nitrogen and oxygen atoms in total. The predicted molar refractivity (Wildman–Crippen MR) is 165 cm³/mol. The third-order valence-corrected chi connectivity index (χ3v) is 12.1. The molecule has 1 atom stereocenters. The molecule has 4 bridgehead atoms. The van der Waals surface area contributed by atoms with E-state index in [-0.39, 0.29) is 10.8 Å². The predicted octanol–water partition coefficient (Wildman–Crippen LogP) is 7.90. The average Bonchev–Trinajstić information content (AvgIpc) is 3.30. The lowest BCUT2D eigenvalue weighted by Gasteiger charge is -2.56. The van der Waals surface area contributed by atoms with Crippen molar-refractivity contribution in [2.75, 3.05) is 32.7 Å². The van der Waals surface area contributed by atoms with Crippen LogP contribution in [0.2, 0.25) is 10.0 Å². The Morgan fingerprint density at radius 1 is 0.950 bits per heavy atom. The van der Waals surface area contributed by atoms with Gasteiger partial charge in [-0.1, -0.05) is 65.7 Å². The van der Waals surface area contributed by atoms with Crippen molar-refractivity contribution in [3.8, 4) is 0 Å². The number of ketones is 1. The van der Waals surface area contributed by atoms with Crippen molar-refractivity contribution in [1.29, 1.82) is 0 Å². The summed E-state index contributed by atoms with van der Waals surface area (Å²) in [5, 5.41) is 4.84. The van der Waals surface area contributed by atoms with E-state index in [1.54, 1.807) is 0 Å². The zero-order chi connectivity index (χ0) is 27.3.